The fraction of sp³-hybridized carbons (Fsp3) is 0.929. The molecule has 0 aliphatic heterocycles. The summed E-state index contributed by atoms with van der Waals surface area (Å²) < 4.78 is 0. The molecular weight excluding hydrogens is 196 g/mol. The molecule has 2 unspecified atom stereocenters. The maximum absolute atomic E-state index is 9.14. The second-order valence-corrected chi connectivity index (χ2v) is 6.10. The van der Waals surface area contributed by atoms with Gasteiger partial charge in [0.15, 0.2) is 0 Å². The maximum atomic E-state index is 9.14. The largest absolute Gasteiger partial charge is 0.313 e. The maximum Gasteiger partial charge on any atom is 0.107 e. The van der Waals surface area contributed by atoms with E-state index in [4.69, 9.17) is 11.0 Å². The molecule has 2 aliphatic rings. The van der Waals surface area contributed by atoms with Crippen LogP contribution >= 0.6 is 0 Å². The van der Waals surface area contributed by atoms with Gasteiger partial charge in [-0.2, -0.15) is 5.26 Å². The SMILES string of the molecule is C[C@H]1CC(CC2CCCCC2)CC1(N)C#N. The van der Waals surface area contributed by atoms with Crippen molar-refractivity contribution in [3.8, 4) is 6.07 Å². The standard InChI is InChI=1S/C14H24N2/c1-11-7-13(9-14(11,16)10-15)8-12-5-3-2-4-6-12/h11-13H,2-9,16H2,1H3/t11-,13?,14?/m0/s1. The monoisotopic (exact) mass is 220 g/mol. The quantitative estimate of drug-likeness (QED) is 0.776. The molecule has 0 aromatic heterocycles. The highest BCUT2D eigenvalue weighted by atomic mass is 14.8. The van der Waals surface area contributed by atoms with Gasteiger partial charge in [-0.05, 0) is 37.0 Å². The number of hydrogen-bond acceptors (Lipinski definition) is 2. The van der Waals surface area contributed by atoms with Crippen LogP contribution in [-0.4, -0.2) is 5.54 Å². The highest BCUT2D eigenvalue weighted by Crippen LogP contribution is 2.42. The van der Waals surface area contributed by atoms with Gasteiger partial charge in [0.2, 0.25) is 0 Å². The average molecular weight is 220 g/mol. The third-order valence-electron chi connectivity index (χ3n) is 4.79. The van der Waals surface area contributed by atoms with E-state index in [-0.39, 0.29) is 0 Å². The molecule has 2 saturated carbocycles. The molecule has 0 bridgehead atoms. The van der Waals surface area contributed by atoms with E-state index in [1.54, 1.807) is 0 Å². The zero-order chi connectivity index (χ0) is 11.6. The first-order valence-electron chi connectivity index (χ1n) is 6.84. The molecule has 2 heteroatoms. The van der Waals surface area contributed by atoms with Crippen LogP contribution < -0.4 is 5.73 Å². The molecule has 2 aliphatic carbocycles. The van der Waals surface area contributed by atoms with E-state index < -0.39 is 5.54 Å². The lowest BCUT2D eigenvalue weighted by Gasteiger charge is -2.24. The van der Waals surface area contributed by atoms with E-state index in [1.165, 1.54) is 44.9 Å². The van der Waals surface area contributed by atoms with E-state index in [9.17, 15) is 0 Å². The smallest absolute Gasteiger partial charge is 0.107 e. The Kier molecular flexibility index (Phi) is 3.54. The molecule has 0 aromatic carbocycles. The summed E-state index contributed by atoms with van der Waals surface area (Å²) in [5.74, 6) is 2.01. The van der Waals surface area contributed by atoms with E-state index in [2.05, 4.69) is 13.0 Å². The molecule has 0 heterocycles. The van der Waals surface area contributed by atoms with Crippen LogP contribution in [0.3, 0.4) is 0 Å². The van der Waals surface area contributed by atoms with E-state index >= 15 is 0 Å². The van der Waals surface area contributed by atoms with Gasteiger partial charge < -0.3 is 5.73 Å². The summed E-state index contributed by atoms with van der Waals surface area (Å²) in [7, 11) is 0. The first-order chi connectivity index (χ1) is 7.64. The van der Waals surface area contributed by atoms with Gasteiger partial charge in [0.25, 0.3) is 0 Å². The summed E-state index contributed by atoms with van der Waals surface area (Å²) >= 11 is 0. The molecule has 16 heavy (non-hydrogen) atoms. The third kappa shape index (κ3) is 2.40. The van der Waals surface area contributed by atoms with E-state index in [1.807, 2.05) is 0 Å². The molecule has 0 spiro atoms. The molecule has 0 saturated heterocycles. The number of nitrogens with zero attached hydrogens (tertiary/aromatic N) is 1. The van der Waals surface area contributed by atoms with Gasteiger partial charge in [-0.25, -0.2) is 0 Å². The van der Waals surface area contributed by atoms with Crippen LogP contribution in [0.1, 0.15) is 58.3 Å². The Hall–Kier alpha value is -0.550. The molecule has 2 rings (SSSR count). The lowest BCUT2D eigenvalue weighted by Crippen LogP contribution is -2.40. The summed E-state index contributed by atoms with van der Waals surface area (Å²) in [5, 5.41) is 9.14. The van der Waals surface area contributed by atoms with Crippen molar-refractivity contribution in [3.05, 3.63) is 0 Å². The fourth-order valence-corrected chi connectivity index (χ4v) is 3.70. The molecule has 90 valence electrons. The van der Waals surface area contributed by atoms with Crippen LogP contribution in [-0.2, 0) is 0 Å². The lowest BCUT2D eigenvalue weighted by atomic mass is 9.82. The molecule has 2 N–H and O–H groups in total. The van der Waals surface area contributed by atoms with Crippen LogP contribution in [0, 0.1) is 29.1 Å². The molecule has 0 aromatic rings. The Morgan fingerprint density at radius 1 is 1.25 bits per heavy atom. The van der Waals surface area contributed by atoms with Gasteiger partial charge in [0.05, 0.1) is 6.07 Å². The van der Waals surface area contributed by atoms with Crippen LogP contribution in [0.25, 0.3) is 0 Å². The first-order valence-corrected chi connectivity index (χ1v) is 6.84. The highest BCUT2D eigenvalue weighted by Gasteiger charge is 2.42. The summed E-state index contributed by atoms with van der Waals surface area (Å²) in [6.45, 7) is 2.14. The predicted octanol–water partition coefficient (Wildman–Crippen LogP) is 3.22. The Morgan fingerprint density at radius 2 is 1.94 bits per heavy atom. The van der Waals surface area contributed by atoms with Crippen molar-refractivity contribution >= 4 is 0 Å². The molecule has 2 nitrogen and oxygen atoms in total. The van der Waals surface area contributed by atoms with Crippen molar-refractivity contribution in [1.29, 1.82) is 5.26 Å². The van der Waals surface area contributed by atoms with Crippen LogP contribution in [0.15, 0.2) is 0 Å². The molecule has 3 atom stereocenters. The lowest BCUT2D eigenvalue weighted by molar-refractivity contribution is 0.285. The zero-order valence-corrected chi connectivity index (χ0v) is 10.4. The first kappa shape index (κ1) is 11.9. The summed E-state index contributed by atoms with van der Waals surface area (Å²) in [4.78, 5) is 0. The summed E-state index contributed by atoms with van der Waals surface area (Å²) in [6.07, 6.45) is 10.5. The van der Waals surface area contributed by atoms with Crippen molar-refractivity contribution in [2.75, 3.05) is 0 Å². The van der Waals surface area contributed by atoms with E-state index in [0.29, 0.717) is 11.8 Å². The number of hydrogen-bond donors (Lipinski definition) is 1. The van der Waals surface area contributed by atoms with Crippen LogP contribution in [0.4, 0.5) is 0 Å². The van der Waals surface area contributed by atoms with Crippen molar-refractivity contribution in [2.24, 2.45) is 23.5 Å². The van der Waals surface area contributed by atoms with Gasteiger partial charge in [-0.1, -0.05) is 39.0 Å². The Morgan fingerprint density at radius 3 is 2.50 bits per heavy atom. The second-order valence-electron chi connectivity index (χ2n) is 6.10. The Bertz CT molecular complexity index is 275. The topological polar surface area (TPSA) is 49.8 Å². The zero-order valence-electron chi connectivity index (χ0n) is 10.4. The van der Waals surface area contributed by atoms with Crippen molar-refractivity contribution in [3.63, 3.8) is 0 Å². The van der Waals surface area contributed by atoms with Gasteiger partial charge in [0.1, 0.15) is 5.54 Å². The van der Waals surface area contributed by atoms with Gasteiger partial charge in [0, 0.05) is 0 Å². The van der Waals surface area contributed by atoms with Crippen molar-refractivity contribution in [2.45, 2.75) is 63.8 Å². The summed E-state index contributed by atoms with van der Waals surface area (Å²) in [5.41, 5.74) is 5.61. The normalized spacial score (nSPS) is 40.8. The number of nitriles is 1. The minimum atomic E-state index is -0.528. The van der Waals surface area contributed by atoms with Crippen molar-refractivity contribution in [1.82, 2.24) is 0 Å². The number of rotatable bonds is 2. The average Bonchev–Trinajstić information content (AvgIpc) is 2.56. The third-order valence-corrected chi connectivity index (χ3v) is 4.79. The highest BCUT2D eigenvalue weighted by molar-refractivity contribution is 5.12. The minimum absolute atomic E-state index is 0.381. The minimum Gasteiger partial charge on any atom is -0.313 e. The van der Waals surface area contributed by atoms with Crippen LogP contribution in [0.5, 0.6) is 0 Å². The van der Waals surface area contributed by atoms with Gasteiger partial charge >= 0.3 is 0 Å². The van der Waals surface area contributed by atoms with Crippen molar-refractivity contribution < 1.29 is 0 Å². The predicted molar refractivity (Wildman–Crippen MR) is 65.6 cm³/mol. The van der Waals surface area contributed by atoms with Gasteiger partial charge in [-0.15, -0.1) is 0 Å². The summed E-state index contributed by atoms with van der Waals surface area (Å²) in [6, 6.07) is 2.34. The molecule has 0 radical (unpaired) electrons. The van der Waals surface area contributed by atoms with E-state index in [0.717, 1.165) is 12.3 Å². The Balaban J connectivity index is 1.86. The second kappa shape index (κ2) is 4.75. The molecule has 0 amide bonds. The Labute approximate surface area is 99.2 Å². The molecular formula is C14H24N2. The van der Waals surface area contributed by atoms with Crippen LogP contribution in [0.2, 0.25) is 0 Å². The van der Waals surface area contributed by atoms with Gasteiger partial charge in [-0.3, -0.25) is 0 Å². The molecule has 2 fully saturated rings. The number of nitrogens with two attached hydrogens (primary N) is 1. The fourth-order valence-electron chi connectivity index (χ4n) is 3.70.